The van der Waals surface area contributed by atoms with E-state index in [4.69, 9.17) is 15.6 Å². The van der Waals surface area contributed by atoms with Gasteiger partial charge < -0.3 is 20.5 Å². The first-order valence-corrected chi connectivity index (χ1v) is 5.80. The number of aryl methyl sites for hydroxylation is 1. The van der Waals surface area contributed by atoms with E-state index in [9.17, 15) is 4.79 Å². The van der Waals surface area contributed by atoms with E-state index in [1.807, 2.05) is 37.1 Å². The van der Waals surface area contributed by atoms with Crippen molar-refractivity contribution in [2.45, 2.75) is 19.4 Å². The van der Waals surface area contributed by atoms with Gasteiger partial charge in [-0.05, 0) is 31.0 Å². The standard InChI is InChI=1S/C13H20N2O3/c1-9-4-5-12(18-3)11(8-9)15(2)7-6-10(14)13(16)17/h4-5,8,10H,6-7,14H2,1-3H3,(H,16,17). The number of rotatable bonds is 6. The van der Waals surface area contributed by atoms with Gasteiger partial charge in [0.15, 0.2) is 0 Å². The molecule has 1 rings (SSSR count). The van der Waals surface area contributed by atoms with Crippen LogP contribution in [0.2, 0.25) is 0 Å². The molecule has 0 spiro atoms. The van der Waals surface area contributed by atoms with Crippen LogP contribution in [-0.2, 0) is 4.79 Å². The first kappa shape index (κ1) is 14.3. The quantitative estimate of drug-likeness (QED) is 0.796. The lowest BCUT2D eigenvalue weighted by atomic mass is 10.1. The summed E-state index contributed by atoms with van der Waals surface area (Å²) in [5.74, 6) is -0.202. The molecule has 5 nitrogen and oxygen atoms in total. The summed E-state index contributed by atoms with van der Waals surface area (Å²) in [6.45, 7) is 2.56. The first-order chi connectivity index (χ1) is 8.45. The number of hydrogen-bond donors (Lipinski definition) is 2. The summed E-state index contributed by atoms with van der Waals surface area (Å²) < 4.78 is 5.29. The third-order valence-corrected chi connectivity index (χ3v) is 2.84. The van der Waals surface area contributed by atoms with Gasteiger partial charge in [-0.25, -0.2) is 0 Å². The summed E-state index contributed by atoms with van der Waals surface area (Å²) in [5.41, 5.74) is 7.55. The summed E-state index contributed by atoms with van der Waals surface area (Å²) >= 11 is 0. The molecule has 0 fully saturated rings. The predicted molar refractivity (Wildman–Crippen MR) is 71.2 cm³/mol. The SMILES string of the molecule is COc1ccc(C)cc1N(C)CCC(N)C(=O)O. The maximum absolute atomic E-state index is 10.7. The lowest BCUT2D eigenvalue weighted by Crippen LogP contribution is -2.34. The molecule has 1 aromatic carbocycles. The van der Waals surface area contributed by atoms with Crippen LogP contribution < -0.4 is 15.4 Å². The molecular weight excluding hydrogens is 232 g/mol. The molecule has 0 radical (unpaired) electrons. The molecular formula is C13H20N2O3. The molecule has 0 amide bonds. The number of carboxylic acids is 1. The number of benzene rings is 1. The molecule has 0 aliphatic carbocycles. The van der Waals surface area contributed by atoms with E-state index in [2.05, 4.69) is 0 Å². The molecule has 0 aromatic heterocycles. The van der Waals surface area contributed by atoms with Crippen LogP contribution >= 0.6 is 0 Å². The zero-order valence-corrected chi connectivity index (χ0v) is 11.0. The fraction of sp³-hybridized carbons (Fsp3) is 0.462. The van der Waals surface area contributed by atoms with Crippen molar-refractivity contribution in [3.8, 4) is 5.75 Å². The number of aliphatic carboxylic acids is 1. The van der Waals surface area contributed by atoms with E-state index in [-0.39, 0.29) is 0 Å². The lowest BCUT2D eigenvalue weighted by molar-refractivity contribution is -0.138. The van der Waals surface area contributed by atoms with E-state index in [1.165, 1.54) is 0 Å². The highest BCUT2D eigenvalue weighted by atomic mass is 16.5. The minimum absolute atomic E-state index is 0.392. The van der Waals surface area contributed by atoms with Crippen LogP contribution in [0, 0.1) is 6.92 Å². The number of carboxylic acid groups (broad SMARTS) is 1. The number of hydrogen-bond acceptors (Lipinski definition) is 4. The van der Waals surface area contributed by atoms with Crippen molar-refractivity contribution >= 4 is 11.7 Å². The molecule has 1 unspecified atom stereocenters. The number of nitrogens with zero attached hydrogens (tertiary/aromatic N) is 1. The minimum atomic E-state index is -0.973. The Bertz CT molecular complexity index is 421. The van der Waals surface area contributed by atoms with E-state index >= 15 is 0 Å². The van der Waals surface area contributed by atoms with Crippen molar-refractivity contribution in [2.24, 2.45) is 5.73 Å². The fourth-order valence-electron chi connectivity index (χ4n) is 1.67. The van der Waals surface area contributed by atoms with Crippen LogP contribution in [0.25, 0.3) is 0 Å². The molecule has 3 N–H and O–H groups in total. The Hall–Kier alpha value is -1.75. The van der Waals surface area contributed by atoms with Gasteiger partial charge in [0.2, 0.25) is 0 Å². The molecule has 1 aromatic rings. The van der Waals surface area contributed by atoms with Gasteiger partial charge in [-0.1, -0.05) is 6.07 Å². The van der Waals surface area contributed by atoms with Gasteiger partial charge in [0, 0.05) is 13.6 Å². The Morgan fingerprint density at radius 2 is 2.22 bits per heavy atom. The number of ether oxygens (including phenoxy) is 1. The Kier molecular flexibility index (Phi) is 4.97. The summed E-state index contributed by atoms with van der Waals surface area (Å²) in [5, 5.41) is 8.74. The maximum atomic E-state index is 10.7. The van der Waals surface area contributed by atoms with Crippen LogP contribution in [0.4, 0.5) is 5.69 Å². The number of methoxy groups -OCH3 is 1. The van der Waals surface area contributed by atoms with Crippen LogP contribution in [0.5, 0.6) is 5.75 Å². The summed E-state index contributed by atoms with van der Waals surface area (Å²) in [6, 6.07) is 5.05. The van der Waals surface area contributed by atoms with Crippen molar-refractivity contribution in [3.05, 3.63) is 23.8 Å². The molecule has 0 heterocycles. The molecule has 0 aliphatic heterocycles. The molecule has 5 heteroatoms. The van der Waals surface area contributed by atoms with Crippen molar-refractivity contribution in [1.29, 1.82) is 0 Å². The summed E-state index contributed by atoms with van der Waals surface area (Å²) in [6.07, 6.45) is 0.392. The average Bonchev–Trinajstić information content (AvgIpc) is 2.35. The van der Waals surface area contributed by atoms with Crippen LogP contribution in [0.3, 0.4) is 0 Å². The topological polar surface area (TPSA) is 75.8 Å². The van der Waals surface area contributed by atoms with Gasteiger partial charge >= 0.3 is 5.97 Å². The Morgan fingerprint density at radius 3 is 2.78 bits per heavy atom. The zero-order valence-electron chi connectivity index (χ0n) is 11.0. The highest BCUT2D eigenvalue weighted by molar-refractivity contribution is 5.73. The monoisotopic (exact) mass is 252 g/mol. The van der Waals surface area contributed by atoms with Crippen molar-refractivity contribution < 1.29 is 14.6 Å². The summed E-state index contributed by atoms with van der Waals surface area (Å²) in [7, 11) is 3.51. The Labute approximate surface area is 107 Å². The zero-order chi connectivity index (χ0) is 13.7. The first-order valence-electron chi connectivity index (χ1n) is 5.80. The smallest absolute Gasteiger partial charge is 0.320 e. The van der Waals surface area contributed by atoms with Crippen molar-refractivity contribution in [1.82, 2.24) is 0 Å². The molecule has 0 saturated carbocycles. The van der Waals surface area contributed by atoms with Crippen molar-refractivity contribution in [2.75, 3.05) is 25.6 Å². The molecule has 0 bridgehead atoms. The number of anilines is 1. The molecule has 0 saturated heterocycles. The van der Waals surface area contributed by atoms with Gasteiger partial charge in [-0.3, -0.25) is 4.79 Å². The molecule has 0 aliphatic rings. The third-order valence-electron chi connectivity index (χ3n) is 2.84. The van der Waals surface area contributed by atoms with Crippen LogP contribution in [-0.4, -0.2) is 37.8 Å². The summed E-state index contributed by atoms with van der Waals surface area (Å²) in [4.78, 5) is 12.6. The van der Waals surface area contributed by atoms with Gasteiger partial charge in [0.1, 0.15) is 11.8 Å². The molecule has 100 valence electrons. The van der Waals surface area contributed by atoms with E-state index in [0.717, 1.165) is 17.0 Å². The van der Waals surface area contributed by atoms with Gasteiger partial charge in [0.05, 0.1) is 12.8 Å². The molecule has 1 atom stereocenters. The molecule has 18 heavy (non-hydrogen) atoms. The minimum Gasteiger partial charge on any atom is -0.495 e. The second-order valence-corrected chi connectivity index (χ2v) is 4.33. The van der Waals surface area contributed by atoms with Gasteiger partial charge in [0.25, 0.3) is 0 Å². The Balaban J connectivity index is 2.74. The van der Waals surface area contributed by atoms with E-state index in [1.54, 1.807) is 7.11 Å². The lowest BCUT2D eigenvalue weighted by Gasteiger charge is -2.23. The van der Waals surface area contributed by atoms with E-state index in [0.29, 0.717) is 13.0 Å². The third kappa shape index (κ3) is 3.63. The highest BCUT2D eigenvalue weighted by Crippen LogP contribution is 2.28. The van der Waals surface area contributed by atoms with Gasteiger partial charge in [-0.2, -0.15) is 0 Å². The largest absolute Gasteiger partial charge is 0.495 e. The maximum Gasteiger partial charge on any atom is 0.320 e. The van der Waals surface area contributed by atoms with E-state index < -0.39 is 12.0 Å². The second kappa shape index (κ2) is 6.26. The average molecular weight is 252 g/mol. The van der Waals surface area contributed by atoms with Crippen LogP contribution in [0.1, 0.15) is 12.0 Å². The predicted octanol–water partition coefficient (Wildman–Crippen LogP) is 1.24. The second-order valence-electron chi connectivity index (χ2n) is 4.33. The number of carbonyl (C=O) groups is 1. The van der Waals surface area contributed by atoms with Crippen molar-refractivity contribution in [3.63, 3.8) is 0 Å². The fourth-order valence-corrected chi connectivity index (χ4v) is 1.67. The van der Waals surface area contributed by atoms with Crippen LogP contribution in [0.15, 0.2) is 18.2 Å². The highest BCUT2D eigenvalue weighted by Gasteiger charge is 2.14. The number of nitrogens with two attached hydrogens (primary N) is 1. The van der Waals surface area contributed by atoms with Gasteiger partial charge in [-0.15, -0.1) is 0 Å². The normalized spacial score (nSPS) is 12.0. The Morgan fingerprint density at radius 1 is 1.56 bits per heavy atom.